The van der Waals surface area contributed by atoms with E-state index in [1.165, 1.54) is 7.11 Å². The van der Waals surface area contributed by atoms with Gasteiger partial charge in [0.15, 0.2) is 0 Å². The van der Waals surface area contributed by atoms with Crippen LogP contribution < -0.4 is 5.32 Å². The number of aromatic amines is 1. The monoisotopic (exact) mass is 264 g/mol. The number of nitrogens with one attached hydrogen (secondary N) is 2. The SMILES string of the molecule is COC(=O)c1cc(NCc2cc[nH]c2)ccc1Cl. The number of anilines is 1. The summed E-state index contributed by atoms with van der Waals surface area (Å²) in [6, 6.07) is 7.15. The molecule has 5 heteroatoms. The predicted molar refractivity (Wildman–Crippen MR) is 70.9 cm³/mol. The lowest BCUT2D eigenvalue weighted by Gasteiger charge is -2.08. The summed E-state index contributed by atoms with van der Waals surface area (Å²) < 4.78 is 4.67. The van der Waals surface area contributed by atoms with Crippen LogP contribution in [-0.2, 0) is 11.3 Å². The molecule has 0 saturated carbocycles. The van der Waals surface area contributed by atoms with Gasteiger partial charge in [0.1, 0.15) is 0 Å². The molecule has 0 amide bonds. The molecule has 0 unspecified atom stereocenters. The molecule has 2 aromatic rings. The van der Waals surface area contributed by atoms with Crippen molar-refractivity contribution in [2.75, 3.05) is 12.4 Å². The number of esters is 1. The maximum atomic E-state index is 11.5. The minimum Gasteiger partial charge on any atom is -0.465 e. The first-order valence-electron chi connectivity index (χ1n) is 5.44. The number of hydrogen-bond donors (Lipinski definition) is 2. The fraction of sp³-hybridized carbons (Fsp3) is 0.154. The Bertz CT molecular complexity index is 538. The standard InChI is InChI=1S/C13H13ClN2O2/c1-18-13(17)11-6-10(2-3-12(11)14)16-8-9-4-5-15-7-9/h2-7,15-16H,8H2,1H3. The second-order valence-corrected chi connectivity index (χ2v) is 4.17. The van der Waals surface area contributed by atoms with Crippen molar-refractivity contribution in [1.29, 1.82) is 0 Å². The molecule has 0 aliphatic heterocycles. The van der Waals surface area contributed by atoms with Crippen LogP contribution >= 0.6 is 11.6 Å². The Morgan fingerprint density at radius 1 is 1.44 bits per heavy atom. The highest BCUT2D eigenvalue weighted by Gasteiger charge is 2.11. The second-order valence-electron chi connectivity index (χ2n) is 3.76. The van der Waals surface area contributed by atoms with Crippen LogP contribution in [0.3, 0.4) is 0 Å². The molecule has 0 fully saturated rings. The third-order valence-corrected chi connectivity index (χ3v) is 2.86. The number of aromatic nitrogens is 1. The zero-order valence-corrected chi connectivity index (χ0v) is 10.6. The van der Waals surface area contributed by atoms with Crippen molar-refractivity contribution >= 4 is 23.3 Å². The van der Waals surface area contributed by atoms with Crippen molar-refractivity contribution in [2.24, 2.45) is 0 Å². The molecule has 0 radical (unpaired) electrons. The summed E-state index contributed by atoms with van der Waals surface area (Å²) >= 11 is 5.94. The molecule has 0 aliphatic rings. The van der Waals surface area contributed by atoms with Crippen molar-refractivity contribution in [1.82, 2.24) is 4.98 Å². The van der Waals surface area contributed by atoms with Gasteiger partial charge in [-0.15, -0.1) is 0 Å². The van der Waals surface area contributed by atoms with Gasteiger partial charge in [-0.1, -0.05) is 11.6 Å². The van der Waals surface area contributed by atoms with Crippen LogP contribution in [0.1, 0.15) is 15.9 Å². The lowest BCUT2D eigenvalue weighted by molar-refractivity contribution is 0.0601. The van der Waals surface area contributed by atoms with E-state index < -0.39 is 5.97 Å². The first kappa shape index (κ1) is 12.5. The van der Waals surface area contributed by atoms with E-state index in [2.05, 4.69) is 15.0 Å². The molecule has 0 bridgehead atoms. The number of rotatable bonds is 4. The van der Waals surface area contributed by atoms with Crippen LogP contribution in [0.5, 0.6) is 0 Å². The third-order valence-electron chi connectivity index (χ3n) is 2.53. The summed E-state index contributed by atoms with van der Waals surface area (Å²) in [6.45, 7) is 0.672. The van der Waals surface area contributed by atoms with Gasteiger partial charge >= 0.3 is 5.97 Å². The second kappa shape index (κ2) is 5.60. The number of hydrogen-bond acceptors (Lipinski definition) is 3. The largest absolute Gasteiger partial charge is 0.465 e. The van der Waals surface area contributed by atoms with Crippen LogP contribution in [0, 0.1) is 0 Å². The summed E-state index contributed by atoms with van der Waals surface area (Å²) in [4.78, 5) is 14.5. The van der Waals surface area contributed by atoms with E-state index in [1.54, 1.807) is 12.1 Å². The molecule has 94 valence electrons. The summed E-state index contributed by atoms with van der Waals surface area (Å²) in [6.07, 6.45) is 3.77. The molecule has 18 heavy (non-hydrogen) atoms. The van der Waals surface area contributed by atoms with E-state index in [9.17, 15) is 4.79 Å². The van der Waals surface area contributed by atoms with E-state index in [4.69, 9.17) is 11.6 Å². The number of halogens is 1. The van der Waals surface area contributed by atoms with Gasteiger partial charge in [0, 0.05) is 24.6 Å². The third kappa shape index (κ3) is 2.84. The van der Waals surface area contributed by atoms with E-state index in [-0.39, 0.29) is 0 Å². The first-order chi connectivity index (χ1) is 8.70. The summed E-state index contributed by atoms with van der Waals surface area (Å²) in [5.74, 6) is -0.440. The summed E-state index contributed by atoms with van der Waals surface area (Å²) in [5.41, 5.74) is 2.31. The minimum atomic E-state index is -0.440. The Morgan fingerprint density at radius 3 is 2.94 bits per heavy atom. The Kier molecular flexibility index (Phi) is 3.89. The molecule has 1 aromatic carbocycles. The fourth-order valence-electron chi connectivity index (χ4n) is 1.57. The Morgan fingerprint density at radius 2 is 2.28 bits per heavy atom. The number of ether oxygens (including phenoxy) is 1. The van der Waals surface area contributed by atoms with Crippen LogP contribution in [0.4, 0.5) is 5.69 Å². The van der Waals surface area contributed by atoms with E-state index in [0.717, 1.165) is 11.3 Å². The van der Waals surface area contributed by atoms with E-state index >= 15 is 0 Å². The average Bonchev–Trinajstić information content (AvgIpc) is 2.90. The highest BCUT2D eigenvalue weighted by molar-refractivity contribution is 6.33. The normalized spacial score (nSPS) is 10.1. The minimum absolute atomic E-state index is 0.359. The molecule has 0 aliphatic carbocycles. The first-order valence-corrected chi connectivity index (χ1v) is 5.82. The van der Waals surface area contributed by atoms with Crippen LogP contribution in [-0.4, -0.2) is 18.1 Å². The van der Waals surface area contributed by atoms with Crippen molar-refractivity contribution in [3.05, 3.63) is 52.8 Å². The molecule has 2 N–H and O–H groups in total. The average molecular weight is 265 g/mol. The van der Waals surface area contributed by atoms with Gasteiger partial charge in [0.05, 0.1) is 17.7 Å². The van der Waals surface area contributed by atoms with Gasteiger partial charge in [-0.3, -0.25) is 0 Å². The van der Waals surface area contributed by atoms with E-state index in [1.807, 2.05) is 24.5 Å². The Balaban J connectivity index is 2.12. The highest BCUT2D eigenvalue weighted by atomic mass is 35.5. The number of carbonyl (C=O) groups is 1. The quantitative estimate of drug-likeness (QED) is 0.835. The van der Waals surface area contributed by atoms with Crippen LogP contribution in [0.15, 0.2) is 36.7 Å². The molecule has 1 heterocycles. The van der Waals surface area contributed by atoms with E-state index in [0.29, 0.717) is 17.1 Å². The number of H-pyrrole nitrogens is 1. The molecule has 1 aromatic heterocycles. The fourth-order valence-corrected chi connectivity index (χ4v) is 1.77. The summed E-state index contributed by atoms with van der Waals surface area (Å²) in [7, 11) is 1.33. The van der Waals surface area contributed by atoms with Crippen molar-refractivity contribution in [3.63, 3.8) is 0 Å². The lowest BCUT2D eigenvalue weighted by atomic mass is 10.2. The molecular weight excluding hydrogens is 252 g/mol. The van der Waals surface area contributed by atoms with Gasteiger partial charge in [0.25, 0.3) is 0 Å². The zero-order valence-electron chi connectivity index (χ0n) is 9.87. The molecule has 0 spiro atoms. The van der Waals surface area contributed by atoms with Crippen LogP contribution in [0.25, 0.3) is 0 Å². The van der Waals surface area contributed by atoms with Gasteiger partial charge < -0.3 is 15.0 Å². The molecule has 0 atom stereocenters. The van der Waals surface area contributed by atoms with Crippen LogP contribution in [0.2, 0.25) is 5.02 Å². The number of carbonyl (C=O) groups excluding carboxylic acids is 1. The lowest BCUT2D eigenvalue weighted by Crippen LogP contribution is -2.04. The Labute approximate surface area is 110 Å². The number of benzene rings is 1. The zero-order chi connectivity index (χ0) is 13.0. The molecular formula is C13H13ClN2O2. The molecule has 4 nitrogen and oxygen atoms in total. The van der Waals surface area contributed by atoms with Gasteiger partial charge in [-0.25, -0.2) is 4.79 Å². The summed E-state index contributed by atoms with van der Waals surface area (Å²) in [5, 5.41) is 3.59. The smallest absolute Gasteiger partial charge is 0.339 e. The number of methoxy groups -OCH3 is 1. The van der Waals surface area contributed by atoms with Crippen molar-refractivity contribution in [2.45, 2.75) is 6.54 Å². The Hall–Kier alpha value is -1.94. The van der Waals surface area contributed by atoms with Gasteiger partial charge in [0.2, 0.25) is 0 Å². The van der Waals surface area contributed by atoms with Crippen molar-refractivity contribution < 1.29 is 9.53 Å². The van der Waals surface area contributed by atoms with Gasteiger partial charge in [-0.05, 0) is 29.8 Å². The topological polar surface area (TPSA) is 54.1 Å². The highest BCUT2D eigenvalue weighted by Crippen LogP contribution is 2.21. The maximum absolute atomic E-state index is 11.5. The maximum Gasteiger partial charge on any atom is 0.339 e. The molecule has 0 saturated heterocycles. The van der Waals surface area contributed by atoms with Crippen molar-refractivity contribution in [3.8, 4) is 0 Å². The predicted octanol–water partition coefficient (Wildman–Crippen LogP) is 3.07. The molecule has 2 rings (SSSR count). The van der Waals surface area contributed by atoms with Gasteiger partial charge in [-0.2, -0.15) is 0 Å².